The van der Waals surface area contributed by atoms with E-state index in [9.17, 15) is 9.59 Å². The van der Waals surface area contributed by atoms with Crippen molar-refractivity contribution in [1.29, 1.82) is 5.41 Å². The van der Waals surface area contributed by atoms with Crippen LogP contribution in [0.2, 0.25) is 0 Å². The lowest BCUT2D eigenvalue weighted by molar-refractivity contribution is -0.125. The zero-order chi connectivity index (χ0) is 22.9. The van der Waals surface area contributed by atoms with Crippen LogP contribution in [-0.2, 0) is 16.0 Å². The number of hydrogen-bond acceptors (Lipinski definition) is 6. The number of ether oxygens (including phenoxy) is 1. The van der Waals surface area contributed by atoms with Crippen molar-refractivity contribution in [2.45, 2.75) is 32.6 Å². The van der Waals surface area contributed by atoms with Gasteiger partial charge >= 0.3 is 0 Å². The molecule has 1 aliphatic heterocycles. The molecule has 170 valence electrons. The van der Waals surface area contributed by atoms with Crippen molar-refractivity contribution in [2.24, 2.45) is 11.7 Å². The summed E-state index contributed by atoms with van der Waals surface area (Å²) < 4.78 is 5.88. The molecule has 1 saturated heterocycles. The van der Waals surface area contributed by atoms with E-state index in [1.54, 1.807) is 31.5 Å². The number of nitrogens with zero attached hydrogens (tertiary/aromatic N) is 2. The zero-order valence-corrected chi connectivity index (χ0v) is 18.5. The van der Waals surface area contributed by atoms with E-state index in [1.165, 1.54) is 0 Å². The van der Waals surface area contributed by atoms with Crippen molar-refractivity contribution in [1.82, 2.24) is 10.3 Å². The lowest BCUT2D eigenvalue weighted by Gasteiger charge is -2.32. The van der Waals surface area contributed by atoms with E-state index in [-0.39, 0.29) is 23.4 Å². The van der Waals surface area contributed by atoms with Gasteiger partial charge in [0.2, 0.25) is 5.91 Å². The van der Waals surface area contributed by atoms with Crippen molar-refractivity contribution < 1.29 is 14.3 Å². The Bertz CT molecular complexity index is 940. The number of benzene rings is 1. The number of nitrogens with one attached hydrogen (secondary N) is 2. The van der Waals surface area contributed by atoms with Gasteiger partial charge in [0.1, 0.15) is 24.0 Å². The summed E-state index contributed by atoms with van der Waals surface area (Å²) in [5.74, 6) is 0.713. The Hall–Kier alpha value is -3.42. The number of carbonyl (C=O) groups excluding carboxylic acids is 2. The molecule has 0 atom stereocenters. The summed E-state index contributed by atoms with van der Waals surface area (Å²) in [5.41, 5.74) is 8.18. The molecule has 0 bridgehead atoms. The van der Waals surface area contributed by atoms with Crippen molar-refractivity contribution in [2.75, 3.05) is 31.1 Å². The normalized spacial score (nSPS) is 14.1. The largest absolute Gasteiger partial charge is 0.491 e. The van der Waals surface area contributed by atoms with Crippen LogP contribution in [0.3, 0.4) is 0 Å². The number of rotatable bonds is 10. The molecule has 32 heavy (non-hydrogen) atoms. The quantitative estimate of drug-likeness (QED) is 0.298. The number of aryl methyl sites for hydroxylation is 1. The van der Waals surface area contributed by atoms with E-state index >= 15 is 0 Å². The first-order valence-corrected chi connectivity index (χ1v) is 11.0. The molecule has 2 aromatic rings. The van der Waals surface area contributed by atoms with Gasteiger partial charge in [0, 0.05) is 49.1 Å². The van der Waals surface area contributed by atoms with E-state index in [4.69, 9.17) is 15.9 Å². The van der Waals surface area contributed by atoms with E-state index in [0.717, 1.165) is 37.2 Å². The van der Waals surface area contributed by atoms with Gasteiger partial charge in [0.05, 0.1) is 6.54 Å². The van der Waals surface area contributed by atoms with Gasteiger partial charge in [-0.1, -0.05) is 12.1 Å². The van der Waals surface area contributed by atoms with E-state index in [0.29, 0.717) is 37.3 Å². The van der Waals surface area contributed by atoms with Crippen LogP contribution in [-0.4, -0.2) is 48.8 Å². The molecule has 0 aliphatic carbocycles. The highest BCUT2D eigenvalue weighted by Crippen LogP contribution is 2.24. The number of nitrogens with two attached hydrogens (primary N) is 1. The molecular formula is C24H31N5O3. The second kappa shape index (κ2) is 11.3. The fraction of sp³-hybridized carbons (Fsp3) is 0.417. The van der Waals surface area contributed by atoms with Crippen LogP contribution in [0.15, 0.2) is 42.7 Å². The van der Waals surface area contributed by atoms with Crippen molar-refractivity contribution in [3.8, 4) is 5.75 Å². The molecule has 1 aromatic carbocycles. The Balaban J connectivity index is 1.46. The van der Waals surface area contributed by atoms with Gasteiger partial charge in [-0.3, -0.25) is 15.2 Å². The van der Waals surface area contributed by atoms with Gasteiger partial charge in [-0.15, -0.1) is 0 Å². The first kappa shape index (κ1) is 23.2. The second-order valence-corrected chi connectivity index (χ2v) is 8.04. The number of Topliss-reactive ketones (excluding diaryl/α,β-unsaturated/α-hetero) is 1. The fourth-order valence-electron chi connectivity index (χ4n) is 3.81. The molecule has 1 aromatic heterocycles. The number of piperidine rings is 1. The summed E-state index contributed by atoms with van der Waals surface area (Å²) >= 11 is 0. The minimum atomic E-state index is -0.0422. The Morgan fingerprint density at radius 1 is 1.22 bits per heavy atom. The van der Waals surface area contributed by atoms with Gasteiger partial charge in [-0.05, 0) is 49.9 Å². The van der Waals surface area contributed by atoms with Crippen molar-refractivity contribution in [3.63, 3.8) is 0 Å². The standard InChI is InChI=1S/C24H31N5O3/c1-17(30)2-3-18-4-5-20(23(25)26)16-22(18)32-15-12-28-24(31)19-8-13-29(14-9-19)21-6-10-27-11-7-21/h4-7,10-11,16,19H,2-3,8-9,12-15H2,1H3,(H3,25,26)(H,28,31). The maximum atomic E-state index is 12.6. The Morgan fingerprint density at radius 2 is 1.94 bits per heavy atom. The van der Waals surface area contributed by atoms with Crippen LogP contribution >= 0.6 is 0 Å². The number of anilines is 1. The SMILES string of the molecule is CC(=O)CCc1ccc(C(=N)N)cc1OCCNC(=O)C1CCN(c2ccncc2)CC1. The fourth-order valence-corrected chi connectivity index (χ4v) is 3.81. The molecule has 0 saturated carbocycles. The molecule has 8 nitrogen and oxygen atoms in total. The Kier molecular flexibility index (Phi) is 8.19. The van der Waals surface area contributed by atoms with Crippen LogP contribution in [0.5, 0.6) is 5.75 Å². The minimum absolute atomic E-state index is 0.000237. The summed E-state index contributed by atoms with van der Waals surface area (Å²) in [4.78, 5) is 30.2. The van der Waals surface area contributed by atoms with Gasteiger partial charge in [0.15, 0.2) is 0 Å². The summed E-state index contributed by atoms with van der Waals surface area (Å²) in [7, 11) is 0. The Morgan fingerprint density at radius 3 is 2.59 bits per heavy atom. The summed E-state index contributed by atoms with van der Waals surface area (Å²) in [6.45, 7) is 3.93. The van der Waals surface area contributed by atoms with Gasteiger partial charge < -0.3 is 25.5 Å². The number of amides is 1. The first-order valence-electron chi connectivity index (χ1n) is 11.0. The highest BCUT2D eigenvalue weighted by atomic mass is 16.5. The van der Waals surface area contributed by atoms with Crippen molar-refractivity contribution >= 4 is 23.2 Å². The Labute approximate surface area is 188 Å². The molecule has 1 fully saturated rings. The molecule has 0 unspecified atom stereocenters. The smallest absolute Gasteiger partial charge is 0.223 e. The molecule has 4 N–H and O–H groups in total. The van der Waals surface area contributed by atoms with Crippen LogP contribution < -0.4 is 20.7 Å². The second-order valence-electron chi connectivity index (χ2n) is 8.04. The topological polar surface area (TPSA) is 121 Å². The zero-order valence-electron chi connectivity index (χ0n) is 18.5. The molecule has 8 heteroatoms. The maximum absolute atomic E-state index is 12.6. The third-order valence-corrected chi connectivity index (χ3v) is 5.68. The molecule has 3 rings (SSSR count). The van der Waals surface area contributed by atoms with Gasteiger partial charge in [-0.2, -0.15) is 0 Å². The van der Waals surface area contributed by atoms with E-state index < -0.39 is 0 Å². The van der Waals surface area contributed by atoms with Crippen LogP contribution in [0, 0.1) is 11.3 Å². The van der Waals surface area contributed by atoms with Crippen molar-refractivity contribution in [3.05, 3.63) is 53.9 Å². The van der Waals surface area contributed by atoms with Crippen LogP contribution in [0.1, 0.15) is 37.3 Å². The lowest BCUT2D eigenvalue weighted by Crippen LogP contribution is -2.41. The van der Waals surface area contributed by atoms with Gasteiger partial charge in [0.25, 0.3) is 0 Å². The predicted octanol–water partition coefficient (Wildman–Crippen LogP) is 2.30. The molecule has 0 spiro atoms. The van der Waals surface area contributed by atoms with Crippen LogP contribution in [0.4, 0.5) is 5.69 Å². The predicted molar refractivity (Wildman–Crippen MR) is 124 cm³/mol. The third kappa shape index (κ3) is 6.54. The maximum Gasteiger partial charge on any atom is 0.223 e. The third-order valence-electron chi connectivity index (χ3n) is 5.68. The average molecular weight is 438 g/mol. The summed E-state index contributed by atoms with van der Waals surface area (Å²) in [6, 6.07) is 9.29. The lowest BCUT2D eigenvalue weighted by atomic mass is 9.95. The first-order chi connectivity index (χ1) is 15.4. The molecule has 0 radical (unpaired) electrons. The number of carbonyl (C=O) groups is 2. The van der Waals surface area contributed by atoms with Crippen LogP contribution in [0.25, 0.3) is 0 Å². The molecule has 2 heterocycles. The highest BCUT2D eigenvalue weighted by Gasteiger charge is 2.24. The number of aromatic nitrogens is 1. The van der Waals surface area contributed by atoms with E-state index in [1.807, 2.05) is 18.2 Å². The summed E-state index contributed by atoms with van der Waals surface area (Å²) in [5, 5.41) is 10.6. The van der Waals surface area contributed by atoms with E-state index in [2.05, 4.69) is 15.2 Å². The number of ketones is 1. The minimum Gasteiger partial charge on any atom is -0.491 e. The number of pyridine rings is 1. The average Bonchev–Trinajstić information content (AvgIpc) is 2.81. The summed E-state index contributed by atoms with van der Waals surface area (Å²) in [6.07, 6.45) is 6.17. The number of nitrogen functional groups attached to an aromatic ring is 1. The number of hydrogen-bond donors (Lipinski definition) is 3. The monoisotopic (exact) mass is 437 g/mol. The molecular weight excluding hydrogens is 406 g/mol. The molecule has 1 amide bonds. The molecule has 1 aliphatic rings. The van der Waals surface area contributed by atoms with Gasteiger partial charge in [-0.25, -0.2) is 0 Å². The highest BCUT2D eigenvalue weighted by molar-refractivity contribution is 5.95. The number of amidine groups is 1.